The number of aryl methyl sites for hydroxylation is 1. The lowest BCUT2D eigenvalue weighted by Crippen LogP contribution is -2.27. The van der Waals surface area contributed by atoms with Crippen molar-refractivity contribution in [3.05, 3.63) is 48.3 Å². The van der Waals surface area contributed by atoms with Crippen LogP contribution in [0, 0.1) is 0 Å². The summed E-state index contributed by atoms with van der Waals surface area (Å²) in [6.45, 7) is 0.798. The summed E-state index contributed by atoms with van der Waals surface area (Å²) in [5.41, 5.74) is 3.24. The second-order valence-electron chi connectivity index (χ2n) is 8.14. The van der Waals surface area contributed by atoms with Crippen molar-refractivity contribution in [2.24, 2.45) is 0 Å². The number of pyridine rings is 1. The van der Waals surface area contributed by atoms with E-state index in [9.17, 15) is 26.4 Å². The zero-order chi connectivity index (χ0) is 24.3. The number of unbranched alkanes of at least 4 members (excludes halogenated alkanes) is 1. The first-order chi connectivity index (χ1) is 16.2. The van der Waals surface area contributed by atoms with Crippen LogP contribution in [0.1, 0.15) is 31.4 Å². The van der Waals surface area contributed by atoms with Crippen LogP contribution in [-0.2, 0) is 26.0 Å². The molecule has 1 fully saturated rings. The van der Waals surface area contributed by atoms with Crippen LogP contribution in [-0.4, -0.2) is 54.5 Å². The van der Waals surface area contributed by atoms with E-state index in [0.717, 1.165) is 35.0 Å². The van der Waals surface area contributed by atoms with Crippen LogP contribution < -0.4 is 0 Å². The van der Waals surface area contributed by atoms with E-state index < -0.39 is 22.2 Å². The number of hydrogen-bond donors (Lipinski definition) is 1. The number of fused-ring (bicyclic) bond motifs is 1. The molecule has 0 unspecified atom stereocenters. The molecule has 0 radical (unpaired) electrons. The third-order valence-electron chi connectivity index (χ3n) is 5.76. The van der Waals surface area contributed by atoms with E-state index in [1.54, 1.807) is 30.5 Å². The maximum absolute atomic E-state index is 12.8. The van der Waals surface area contributed by atoms with Crippen LogP contribution in [0.5, 0.6) is 0 Å². The Hall–Kier alpha value is -2.92. The average Bonchev–Trinajstić information content (AvgIpc) is 3.48. The number of aromatic nitrogens is 2. The van der Waals surface area contributed by atoms with Crippen LogP contribution in [0.25, 0.3) is 22.2 Å². The van der Waals surface area contributed by atoms with Gasteiger partial charge in [-0.25, -0.2) is 18.2 Å². The number of carbonyl (C=O) groups is 1. The van der Waals surface area contributed by atoms with Gasteiger partial charge in [-0.15, -0.1) is 0 Å². The van der Waals surface area contributed by atoms with Gasteiger partial charge < -0.3 is 9.72 Å². The van der Waals surface area contributed by atoms with Crippen molar-refractivity contribution in [3.63, 3.8) is 0 Å². The Bertz CT molecular complexity index is 1260. The number of ether oxygens (including phenoxy) is 1. The summed E-state index contributed by atoms with van der Waals surface area (Å²) >= 11 is 0. The van der Waals surface area contributed by atoms with Gasteiger partial charge in [0.05, 0.1) is 11.5 Å². The predicted octanol–water partition coefficient (Wildman–Crippen LogP) is 4.44. The minimum absolute atomic E-state index is 0.268. The molecule has 4 rings (SSSR count). The first-order valence-electron chi connectivity index (χ1n) is 11.0. The molecule has 34 heavy (non-hydrogen) atoms. The standard InChI is InChI=1S/C23H24F3N3O4S/c24-23(25,26)22(30)33-14-4-1-5-17-15-20-19(10-11-27-21(20)28-17)16-6-8-18(9-7-16)34(31,32)29-12-2-3-13-29/h6-11,15H,1-5,12-14H2,(H,27,28). The summed E-state index contributed by atoms with van der Waals surface area (Å²) in [4.78, 5) is 18.5. The highest BCUT2D eigenvalue weighted by molar-refractivity contribution is 7.89. The maximum Gasteiger partial charge on any atom is 0.490 e. The molecule has 0 atom stereocenters. The zero-order valence-electron chi connectivity index (χ0n) is 18.3. The van der Waals surface area contributed by atoms with E-state index in [0.29, 0.717) is 38.0 Å². The molecule has 1 saturated heterocycles. The highest BCUT2D eigenvalue weighted by Crippen LogP contribution is 2.30. The highest BCUT2D eigenvalue weighted by atomic mass is 32.2. The summed E-state index contributed by atoms with van der Waals surface area (Å²) in [6.07, 6.45) is -0.200. The maximum atomic E-state index is 12.8. The molecule has 2 aromatic heterocycles. The highest BCUT2D eigenvalue weighted by Gasteiger charge is 2.40. The molecule has 0 saturated carbocycles. The van der Waals surface area contributed by atoms with E-state index in [2.05, 4.69) is 14.7 Å². The number of nitrogens with one attached hydrogen (secondary N) is 1. The lowest BCUT2D eigenvalue weighted by atomic mass is 10.0. The molecule has 1 aliphatic rings. The van der Waals surface area contributed by atoms with Gasteiger partial charge in [0.15, 0.2) is 0 Å². The minimum atomic E-state index is -4.98. The van der Waals surface area contributed by atoms with Crippen LogP contribution in [0.2, 0.25) is 0 Å². The number of H-pyrrole nitrogens is 1. The van der Waals surface area contributed by atoms with Crippen molar-refractivity contribution in [1.29, 1.82) is 0 Å². The lowest BCUT2D eigenvalue weighted by molar-refractivity contribution is -0.199. The van der Waals surface area contributed by atoms with Crippen LogP contribution in [0.3, 0.4) is 0 Å². The zero-order valence-corrected chi connectivity index (χ0v) is 19.1. The second-order valence-corrected chi connectivity index (χ2v) is 10.1. The Balaban J connectivity index is 1.43. The van der Waals surface area contributed by atoms with E-state index in [-0.39, 0.29) is 11.5 Å². The van der Waals surface area contributed by atoms with E-state index in [1.165, 1.54) is 4.31 Å². The largest absolute Gasteiger partial charge is 0.490 e. The number of alkyl halides is 3. The fourth-order valence-corrected chi connectivity index (χ4v) is 5.53. The lowest BCUT2D eigenvalue weighted by Gasteiger charge is -2.15. The fraction of sp³-hybridized carbons (Fsp3) is 0.391. The third-order valence-corrected chi connectivity index (χ3v) is 7.67. The molecule has 0 amide bonds. The Kier molecular flexibility index (Phi) is 6.94. The molecule has 7 nitrogen and oxygen atoms in total. The van der Waals surface area contributed by atoms with Gasteiger partial charge in [0.1, 0.15) is 5.65 Å². The van der Waals surface area contributed by atoms with Gasteiger partial charge in [-0.3, -0.25) is 0 Å². The van der Waals surface area contributed by atoms with Gasteiger partial charge in [0.2, 0.25) is 10.0 Å². The smallest absolute Gasteiger partial charge is 0.459 e. The minimum Gasteiger partial charge on any atom is -0.459 e. The molecule has 0 bridgehead atoms. The molecule has 0 spiro atoms. The molecule has 1 aromatic carbocycles. The van der Waals surface area contributed by atoms with Crippen molar-refractivity contribution in [2.45, 2.75) is 43.2 Å². The van der Waals surface area contributed by atoms with Crippen molar-refractivity contribution < 1.29 is 31.1 Å². The van der Waals surface area contributed by atoms with Gasteiger partial charge in [-0.1, -0.05) is 12.1 Å². The molecule has 1 aliphatic heterocycles. The predicted molar refractivity (Wildman–Crippen MR) is 119 cm³/mol. The van der Waals surface area contributed by atoms with E-state index in [4.69, 9.17) is 0 Å². The van der Waals surface area contributed by atoms with E-state index >= 15 is 0 Å². The van der Waals surface area contributed by atoms with Gasteiger partial charge >= 0.3 is 12.1 Å². The molecule has 11 heteroatoms. The molecule has 1 N–H and O–H groups in total. The van der Waals surface area contributed by atoms with Gasteiger partial charge in [-0.05, 0) is 67.5 Å². The Morgan fingerprint density at radius 2 is 1.79 bits per heavy atom. The number of rotatable bonds is 8. The topological polar surface area (TPSA) is 92.4 Å². The van der Waals surface area contributed by atoms with Crippen molar-refractivity contribution in [3.8, 4) is 11.1 Å². The fourth-order valence-electron chi connectivity index (χ4n) is 4.02. The molecule has 3 aromatic rings. The summed E-state index contributed by atoms with van der Waals surface area (Å²) in [7, 11) is -3.48. The molecular weight excluding hydrogens is 471 g/mol. The SMILES string of the molecule is O=C(OCCCCc1cc2c(-c3ccc(S(=O)(=O)N4CCCC4)cc3)ccnc2[nH]1)C(F)(F)F. The second kappa shape index (κ2) is 9.75. The summed E-state index contributed by atoms with van der Waals surface area (Å²) in [6, 6.07) is 10.6. The monoisotopic (exact) mass is 495 g/mol. The molecule has 182 valence electrons. The summed E-state index contributed by atoms with van der Waals surface area (Å²) in [5, 5.41) is 0.858. The number of esters is 1. The van der Waals surface area contributed by atoms with Crippen molar-refractivity contribution >= 4 is 27.0 Å². The van der Waals surface area contributed by atoms with Gasteiger partial charge in [0, 0.05) is 30.4 Å². The first kappa shape index (κ1) is 24.2. The number of aromatic amines is 1. The molecule has 0 aliphatic carbocycles. The number of carbonyl (C=O) groups excluding carboxylic acids is 1. The van der Waals surface area contributed by atoms with Gasteiger partial charge in [0.25, 0.3) is 0 Å². The number of hydrogen-bond acceptors (Lipinski definition) is 5. The molecular formula is C23H24F3N3O4S. The van der Waals surface area contributed by atoms with Crippen molar-refractivity contribution in [1.82, 2.24) is 14.3 Å². The summed E-state index contributed by atoms with van der Waals surface area (Å²) in [5.74, 6) is -2.17. The Labute approximate surface area is 195 Å². The Morgan fingerprint density at radius 3 is 2.47 bits per heavy atom. The average molecular weight is 496 g/mol. The van der Waals surface area contributed by atoms with E-state index in [1.807, 2.05) is 12.1 Å². The third kappa shape index (κ3) is 5.25. The normalized spacial score (nSPS) is 15.1. The Morgan fingerprint density at radius 1 is 1.09 bits per heavy atom. The molecule has 3 heterocycles. The van der Waals surface area contributed by atoms with Crippen LogP contribution >= 0.6 is 0 Å². The quantitative estimate of drug-likeness (QED) is 0.368. The van der Waals surface area contributed by atoms with Gasteiger partial charge in [-0.2, -0.15) is 17.5 Å². The number of halogens is 3. The number of sulfonamides is 1. The van der Waals surface area contributed by atoms with Crippen LogP contribution in [0.4, 0.5) is 13.2 Å². The first-order valence-corrected chi connectivity index (χ1v) is 12.4. The number of benzene rings is 1. The van der Waals surface area contributed by atoms with Crippen LogP contribution in [0.15, 0.2) is 47.5 Å². The summed E-state index contributed by atoms with van der Waals surface area (Å²) < 4.78 is 67.7. The number of nitrogens with zero attached hydrogens (tertiary/aromatic N) is 2. The van der Waals surface area contributed by atoms with Crippen molar-refractivity contribution in [2.75, 3.05) is 19.7 Å².